The summed E-state index contributed by atoms with van der Waals surface area (Å²) in [6, 6.07) is 17.6. The van der Waals surface area contributed by atoms with E-state index in [1.165, 1.54) is 0 Å². The van der Waals surface area contributed by atoms with Crippen molar-refractivity contribution in [2.45, 2.75) is 37.6 Å². The molecule has 212 valence electrons. The average molecular weight is 547 g/mol. The Morgan fingerprint density at radius 2 is 1.38 bits per heavy atom. The second kappa shape index (κ2) is 11.8. The van der Waals surface area contributed by atoms with Crippen molar-refractivity contribution in [1.29, 1.82) is 0 Å². The molecule has 2 heterocycles. The second-order valence-electron chi connectivity index (χ2n) is 10.5. The fourth-order valence-electron chi connectivity index (χ4n) is 6.23. The van der Waals surface area contributed by atoms with Gasteiger partial charge in [-0.25, -0.2) is 0 Å². The fraction of sp³-hybridized carbons (Fsp3) is 0.406. The molecular weight excluding hydrogens is 508 g/mol. The number of nitrogens with zero attached hydrogens (tertiary/aromatic N) is 2. The topological polar surface area (TPSA) is 69.7 Å². The standard InChI is InChI=1S/C32H38N2O6/c1-33(2)32-24-17-30(39-6)28(37-4)14-22(24)15-31(35)34-25(32)12-21-13-27(36-3)29(38-5)16-23(21)26(34)19-40-18-20-10-8-7-9-11-20/h7-11,13-14,16-17,25-26,32H,12,15,18-19H2,1-6H3/t25?,26?,32-/m1/s1. The summed E-state index contributed by atoms with van der Waals surface area (Å²) < 4.78 is 28.9. The van der Waals surface area contributed by atoms with Crippen molar-refractivity contribution in [3.63, 3.8) is 0 Å². The number of hydrogen-bond acceptors (Lipinski definition) is 7. The summed E-state index contributed by atoms with van der Waals surface area (Å²) in [6.45, 7) is 0.807. The number of carbonyl (C=O) groups excluding carboxylic acids is 1. The third-order valence-electron chi connectivity index (χ3n) is 8.03. The molecule has 0 N–H and O–H groups in total. The zero-order chi connectivity index (χ0) is 28.4. The Morgan fingerprint density at radius 3 is 1.98 bits per heavy atom. The van der Waals surface area contributed by atoms with Gasteiger partial charge in [0.15, 0.2) is 23.0 Å². The van der Waals surface area contributed by atoms with Gasteiger partial charge in [-0.05, 0) is 72.6 Å². The van der Waals surface area contributed by atoms with Crippen molar-refractivity contribution in [2.24, 2.45) is 0 Å². The molecule has 2 aliphatic heterocycles. The lowest BCUT2D eigenvalue weighted by Gasteiger charge is -2.47. The first-order valence-electron chi connectivity index (χ1n) is 13.5. The molecule has 0 radical (unpaired) electrons. The largest absolute Gasteiger partial charge is 0.493 e. The third kappa shape index (κ3) is 5.09. The molecule has 0 saturated heterocycles. The fourth-order valence-corrected chi connectivity index (χ4v) is 6.23. The van der Waals surface area contributed by atoms with Gasteiger partial charge in [0.05, 0.1) is 66.2 Å². The molecule has 3 aromatic carbocycles. The van der Waals surface area contributed by atoms with E-state index in [-0.39, 0.29) is 30.5 Å². The highest BCUT2D eigenvalue weighted by Crippen LogP contribution is 2.47. The first kappa shape index (κ1) is 27.8. The van der Waals surface area contributed by atoms with Crippen LogP contribution in [0.4, 0.5) is 0 Å². The Kier molecular flexibility index (Phi) is 8.19. The minimum absolute atomic E-state index is 0.0524. The van der Waals surface area contributed by atoms with Gasteiger partial charge in [-0.15, -0.1) is 0 Å². The van der Waals surface area contributed by atoms with E-state index in [4.69, 9.17) is 23.7 Å². The maximum Gasteiger partial charge on any atom is 0.227 e. The number of carbonyl (C=O) groups is 1. The zero-order valence-corrected chi connectivity index (χ0v) is 24.1. The molecule has 2 unspecified atom stereocenters. The number of ether oxygens (including phenoxy) is 5. The van der Waals surface area contributed by atoms with E-state index >= 15 is 0 Å². The average Bonchev–Trinajstić information content (AvgIpc) is 3.08. The van der Waals surface area contributed by atoms with Crippen molar-refractivity contribution in [2.75, 3.05) is 49.1 Å². The lowest BCUT2D eigenvalue weighted by atomic mass is 9.83. The number of methoxy groups -OCH3 is 4. The maximum absolute atomic E-state index is 14.2. The molecule has 0 fully saturated rings. The van der Waals surface area contributed by atoms with Crippen LogP contribution in [0.25, 0.3) is 0 Å². The molecule has 8 heteroatoms. The molecule has 40 heavy (non-hydrogen) atoms. The summed E-state index contributed by atoms with van der Waals surface area (Å²) >= 11 is 0. The Balaban J connectivity index is 1.62. The third-order valence-corrected chi connectivity index (χ3v) is 8.03. The van der Waals surface area contributed by atoms with Crippen LogP contribution in [-0.2, 0) is 29.0 Å². The predicted octanol–water partition coefficient (Wildman–Crippen LogP) is 4.59. The van der Waals surface area contributed by atoms with Crippen LogP contribution in [0.5, 0.6) is 23.0 Å². The van der Waals surface area contributed by atoms with E-state index in [0.29, 0.717) is 42.6 Å². The number of rotatable bonds is 9. The smallest absolute Gasteiger partial charge is 0.227 e. The summed E-state index contributed by atoms with van der Waals surface area (Å²) in [6.07, 6.45) is 0.918. The SMILES string of the molecule is COc1cc2c(cc1OC)C(COCc1ccccc1)N1C(=O)Cc3cc(OC)c(OC)cc3[C@@H](N(C)C)C1C2. The summed E-state index contributed by atoms with van der Waals surface area (Å²) in [7, 11) is 10.7. The molecule has 2 aliphatic rings. The molecule has 0 bridgehead atoms. The summed E-state index contributed by atoms with van der Waals surface area (Å²) in [5, 5.41) is 0. The minimum Gasteiger partial charge on any atom is -0.493 e. The number of benzene rings is 3. The van der Waals surface area contributed by atoms with Crippen molar-refractivity contribution in [3.05, 3.63) is 82.4 Å². The highest BCUT2D eigenvalue weighted by atomic mass is 16.5. The molecule has 3 aromatic rings. The molecule has 8 nitrogen and oxygen atoms in total. The second-order valence-corrected chi connectivity index (χ2v) is 10.5. The van der Waals surface area contributed by atoms with Crippen LogP contribution >= 0.6 is 0 Å². The van der Waals surface area contributed by atoms with Crippen LogP contribution in [0, 0.1) is 0 Å². The van der Waals surface area contributed by atoms with Crippen LogP contribution in [0.1, 0.15) is 39.9 Å². The van der Waals surface area contributed by atoms with Crippen molar-refractivity contribution in [1.82, 2.24) is 9.80 Å². The normalized spacial score (nSPS) is 19.8. The van der Waals surface area contributed by atoms with Gasteiger partial charge in [0.1, 0.15) is 0 Å². The van der Waals surface area contributed by atoms with Gasteiger partial charge >= 0.3 is 0 Å². The first-order chi connectivity index (χ1) is 19.4. The van der Waals surface area contributed by atoms with Gasteiger partial charge in [-0.3, -0.25) is 4.79 Å². The molecule has 0 aromatic heterocycles. The van der Waals surface area contributed by atoms with Crippen molar-refractivity contribution >= 4 is 5.91 Å². The van der Waals surface area contributed by atoms with Crippen LogP contribution in [-0.4, -0.2) is 70.9 Å². The van der Waals surface area contributed by atoms with E-state index < -0.39 is 0 Å². The zero-order valence-electron chi connectivity index (χ0n) is 24.1. The lowest BCUT2D eigenvalue weighted by Crippen LogP contribution is -2.52. The van der Waals surface area contributed by atoms with Gasteiger partial charge in [0.2, 0.25) is 5.91 Å². The number of amides is 1. The molecule has 5 rings (SSSR count). The first-order valence-corrected chi connectivity index (χ1v) is 13.5. The van der Waals surface area contributed by atoms with E-state index in [9.17, 15) is 4.79 Å². The molecule has 0 saturated carbocycles. The Bertz CT molecular complexity index is 1360. The quantitative estimate of drug-likeness (QED) is 0.389. The Hall–Kier alpha value is -3.75. The van der Waals surface area contributed by atoms with Crippen molar-refractivity contribution < 1.29 is 28.5 Å². The molecule has 0 aliphatic carbocycles. The van der Waals surface area contributed by atoms with Crippen LogP contribution < -0.4 is 18.9 Å². The van der Waals surface area contributed by atoms with Gasteiger partial charge in [0, 0.05) is 0 Å². The van der Waals surface area contributed by atoms with Crippen molar-refractivity contribution in [3.8, 4) is 23.0 Å². The van der Waals surface area contributed by atoms with E-state index in [0.717, 1.165) is 27.8 Å². The number of fused-ring (bicyclic) bond motifs is 3. The number of likely N-dealkylation sites (N-methyl/N-ethyl adjacent to an activating group) is 1. The van der Waals surface area contributed by atoms with Gasteiger partial charge in [-0.1, -0.05) is 30.3 Å². The lowest BCUT2D eigenvalue weighted by molar-refractivity contribution is -0.139. The highest BCUT2D eigenvalue weighted by Gasteiger charge is 2.45. The molecule has 3 atom stereocenters. The van der Waals surface area contributed by atoms with Gasteiger partial charge in [0.25, 0.3) is 0 Å². The van der Waals surface area contributed by atoms with E-state index in [2.05, 4.69) is 19.0 Å². The minimum atomic E-state index is -0.301. The Morgan fingerprint density at radius 1 is 0.800 bits per heavy atom. The molecular formula is C32H38N2O6. The molecule has 1 amide bonds. The van der Waals surface area contributed by atoms with E-state index in [1.807, 2.05) is 59.5 Å². The monoisotopic (exact) mass is 546 g/mol. The van der Waals surface area contributed by atoms with E-state index in [1.54, 1.807) is 28.4 Å². The summed E-state index contributed by atoms with van der Waals surface area (Å²) in [4.78, 5) is 18.4. The highest BCUT2D eigenvalue weighted by molar-refractivity contribution is 5.82. The number of hydrogen-bond donors (Lipinski definition) is 0. The van der Waals surface area contributed by atoms with Gasteiger partial charge < -0.3 is 33.5 Å². The Labute approximate surface area is 236 Å². The van der Waals surface area contributed by atoms with Crippen LogP contribution in [0.2, 0.25) is 0 Å². The van der Waals surface area contributed by atoms with Crippen LogP contribution in [0.15, 0.2) is 54.6 Å². The maximum atomic E-state index is 14.2. The van der Waals surface area contributed by atoms with Gasteiger partial charge in [-0.2, -0.15) is 0 Å². The van der Waals surface area contributed by atoms with Crippen LogP contribution in [0.3, 0.4) is 0 Å². The summed E-state index contributed by atoms with van der Waals surface area (Å²) in [5.74, 6) is 2.63. The molecule has 0 spiro atoms. The predicted molar refractivity (Wildman–Crippen MR) is 152 cm³/mol. The summed E-state index contributed by atoms with van der Waals surface area (Å²) in [5.41, 5.74) is 5.24.